The van der Waals surface area contributed by atoms with Crippen molar-refractivity contribution in [3.63, 3.8) is 0 Å². The first-order chi connectivity index (χ1) is 15.1. The van der Waals surface area contributed by atoms with Crippen LogP contribution in [-0.2, 0) is 11.3 Å². The van der Waals surface area contributed by atoms with E-state index in [1.54, 1.807) is 6.07 Å². The van der Waals surface area contributed by atoms with Crippen molar-refractivity contribution in [1.29, 1.82) is 0 Å². The second-order valence-electron chi connectivity index (χ2n) is 7.26. The molecule has 0 aliphatic rings. The normalized spacial score (nSPS) is 12.0. The van der Waals surface area contributed by atoms with E-state index in [1.165, 1.54) is 30.1 Å². The highest BCUT2D eigenvalue weighted by atomic mass is 32.1. The molecule has 4 nitrogen and oxygen atoms in total. The second-order valence-corrected chi connectivity index (χ2v) is 8.32. The van der Waals surface area contributed by atoms with Crippen molar-refractivity contribution >= 4 is 38.7 Å². The maximum absolute atomic E-state index is 14.4. The summed E-state index contributed by atoms with van der Waals surface area (Å²) in [4.78, 5) is 13.4. The van der Waals surface area contributed by atoms with Gasteiger partial charge in [-0.15, -0.1) is 11.3 Å². The Balaban J connectivity index is 1.50. The van der Waals surface area contributed by atoms with Crippen LogP contribution in [0.2, 0.25) is 0 Å². The molecule has 6 heteroatoms. The Morgan fingerprint density at radius 2 is 1.71 bits per heavy atom. The Hall–Kier alpha value is -3.22. The van der Waals surface area contributed by atoms with E-state index in [2.05, 4.69) is 29.7 Å². The zero-order valence-corrected chi connectivity index (χ0v) is 18.1. The number of anilines is 2. The van der Waals surface area contributed by atoms with E-state index in [0.717, 1.165) is 10.4 Å². The van der Waals surface area contributed by atoms with Gasteiger partial charge in [-0.05, 0) is 48.9 Å². The summed E-state index contributed by atoms with van der Waals surface area (Å²) in [5.74, 6) is -0.617. The minimum Gasteiger partial charge on any atom is -0.380 e. The number of fused-ring (bicyclic) bond motifs is 1. The fourth-order valence-corrected chi connectivity index (χ4v) is 4.66. The number of nitrogens with one attached hydrogen (secondary N) is 2. The fourth-order valence-electron chi connectivity index (χ4n) is 3.55. The molecule has 3 aromatic carbocycles. The molecule has 1 aromatic heterocycles. The first kappa shape index (κ1) is 21.0. The molecule has 0 saturated carbocycles. The molecule has 158 valence electrons. The maximum Gasteiger partial charge on any atom is 0.266 e. The summed E-state index contributed by atoms with van der Waals surface area (Å²) in [6, 6.07) is 22.8. The van der Waals surface area contributed by atoms with Crippen LogP contribution < -0.4 is 10.6 Å². The predicted molar refractivity (Wildman–Crippen MR) is 125 cm³/mol. The van der Waals surface area contributed by atoms with Crippen molar-refractivity contribution in [1.82, 2.24) is 0 Å². The quantitative estimate of drug-likeness (QED) is 0.344. The Morgan fingerprint density at radius 1 is 1.00 bits per heavy atom. The molecular formula is C25H23FN2O2S. The van der Waals surface area contributed by atoms with Gasteiger partial charge in [0.05, 0.1) is 11.5 Å². The van der Waals surface area contributed by atoms with Gasteiger partial charge in [-0.25, -0.2) is 4.39 Å². The summed E-state index contributed by atoms with van der Waals surface area (Å²) in [6.07, 6.45) is 0. The van der Waals surface area contributed by atoms with Gasteiger partial charge in [-0.3, -0.25) is 4.79 Å². The van der Waals surface area contributed by atoms with Crippen LogP contribution in [0.5, 0.6) is 0 Å². The molecule has 1 heterocycles. The molecule has 0 fully saturated rings. The van der Waals surface area contributed by atoms with Crippen molar-refractivity contribution < 1.29 is 13.9 Å². The Labute approximate surface area is 184 Å². The number of thiophene rings is 1. The number of carbonyl (C=O) groups excluding carboxylic acids is 1. The number of benzene rings is 3. The first-order valence-electron chi connectivity index (χ1n) is 9.98. The van der Waals surface area contributed by atoms with Crippen molar-refractivity contribution in [2.45, 2.75) is 19.6 Å². The van der Waals surface area contributed by atoms with Crippen LogP contribution in [0, 0.1) is 5.82 Å². The number of amides is 1. The smallest absolute Gasteiger partial charge is 0.266 e. The number of hydrogen-bond donors (Lipinski definition) is 2. The third-order valence-corrected chi connectivity index (χ3v) is 6.28. The van der Waals surface area contributed by atoms with Gasteiger partial charge >= 0.3 is 0 Å². The van der Waals surface area contributed by atoms with Gasteiger partial charge in [0.25, 0.3) is 5.91 Å². The number of rotatable bonds is 7. The Morgan fingerprint density at radius 3 is 2.42 bits per heavy atom. The van der Waals surface area contributed by atoms with Crippen LogP contribution in [-0.4, -0.2) is 13.0 Å². The van der Waals surface area contributed by atoms with Gasteiger partial charge in [0.2, 0.25) is 0 Å². The van der Waals surface area contributed by atoms with Crippen LogP contribution in [0.15, 0.2) is 72.8 Å². The van der Waals surface area contributed by atoms with E-state index in [9.17, 15) is 9.18 Å². The van der Waals surface area contributed by atoms with Crippen LogP contribution in [0.3, 0.4) is 0 Å². The molecule has 0 aliphatic carbocycles. The van der Waals surface area contributed by atoms with Gasteiger partial charge < -0.3 is 15.4 Å². The van der Waals surface area contributed by atoms with Gasteiger partial charge in [0.15, 0.2) is 0 Å². The average Bonchev–Trinajstić information content (AvgIpc) is 3.16. The molecule has 4 rings (SSSR count). The van der Waals surface area contributed by atoms with Gasteiger partial charge in [0.1, 0.15) is 5.82 Å². The third kappa shape index (κ3) is 4.60. The SMILES string of the molecule is COCc1c(C(=O)Nc2ccc(NC(C)c3ccccc3)cc2)sc2cccc(F)c12. The van der Waals surface area contributed by atoms with E-state index in [-0.39, 0.29) is 24.4 Å². The molecule has 0 bridgehead atoms. The van der Waals surface area contributed by atoms with Gasteiger partial charge in [-0.1, -0.05) is 36.4 Å². The Bertz CT molecular complexity index is 1190. The summed E-state index contributed by atoms with van der Waals surface area (Å²) >= 11 is 1.27. The molecule has 31 heavy (non-hydrogen) atoms. The van der Waals surface area contributed by atoms with Gasteiger partial charge in [-0.2, -0.15) is 0 Å². The number of halogens is 1. The highest BCUT2D eigenvalue weighted by molar-refractivity contribution is 7.21. The largest absolute Gasteiger partial charge is 0.380 e. The standard InChI is InChI=1S/C25H23FN2O2S/c1-16(17-7-4-3-5-8-17)27-18-11-13-19(14-12-18)28-25(29)24-20(15-30-2)23-21(26)9-6-10-22(23)31-24/h3-14,16,27H,15H2,1-2H3,(H,28,29). The summed E-state index contributed by atoms with van der Waals surface area (Å²) < 4.78 is 20.3. The molecule has 2 N–H and O–H groups in total. The summed E-state index contributed by atoms with van der Waals surface area (Å²) in [5, 5.41) is 6.82. The molecule has 1 unspecified atom stereocenters. The number of carbonyl (C=O) groups is 1. The molecule has 4 aromatic rings. The molecule has 1 amide bonds. The number of methoxy groups -OCH3 is 1. The fraction of sp³-hybridized carbons (Fsp3) is 0.160. The van der Waals surface area contributed by atoms with E-state index < -0.39 is 0 Å². The molecular weight excluding hydrogens is 411 g/mol. The second kappa shape index (κ2) is 9.29. The van der Waals surface area contributed by atoms with E-state index >= 15 is 0 Å². The molecule has 0 radical (unpaired) electrons. The third-order valence-electron chi connectivity index (χ3n) is 5.08. The summed E-state index contributed by atoms with van der Waals surface area (Å²) in [6.45, 7) is 2.27. The summed E-state index contributed by atoms with van der Waals surface area (Å²) in [5.41, 5.74) is 3.40. The molecule has 0 aliphatic heterocycles. The highest BCUT2D eigenvalue weighted by Crippen LogP contribution is 2.34. The zero-order chi connectivity index (χ0) is 21.8. The summed E-state index contributed by atoms with van der Waals surface area (Å²) in [7, 11) is 1.54. The van der Waals surface area contributed by atoms with Crippen molar-refractivity contribution in [3.05, 3.63) is 94.6 Å². The van der Waals surface area contributed by atoms with Crippen LogP contribution >= 0.6 is 11.3 Å². The monoisotopic (exact) mass is 434 g/mol. The Kier molecular flexibility index (Phi) is 6.30. The lowest BCUT2D eigenvalue weighted by atomic mass is 10.1. The maximum atomic E-state index is 14.4. The molecule has 0 saturated heterocycles. The van der Waals surface area contributed by atoms with Crippen molar-refractivity contribution in [3.8, 4) is 0 Å². The van der Waals surface area contributed by atoms with E-state index in [4.69, 9.17) is 4.74 Å². The van der Waals surface area contributed by atoms with Gasteiger partial charge in [0, 0.05) is 40.2 Å². The van der Waals surface area contributed by atoms with Crippen LogP contribution in [0.25, 0.3) is 10.1 Å². The lowest BCUT2D eigenvalue weighted by Gasteiger charge is -2.16. The lowest BCUT2D eigenvalue weighted by molar-refractivity contribution is 0.102. The minimum atomic E-state index is -0.345. The van der Waals surface area contributed by atoms with E-state index in [0.29, 0.717) is 21.5 Å². The minimum absolute atomic E-state index is 0.159. The lowest BCUT2D eigenvalue weighted by Crippen LogP contribution is -2.12. The number of ether oxygens (including phenoxy) is 1. The highest BCUT2D eigenvalue weighted by Gasteiger charge is 2.20. The average molecular weight is 435 g/mol. The molecule has 0 spiro atoms. The number of hydrogen-bond acceptors (Lipinski definition) is 4. The van der Waals surface area contributed by atoms with Crippen molar-refractivity contribution in [2.24, 2.45) is 0 Å². The predicted octanol–water partition coefficient (Wildman–Crippen LogP) is 6.61. The molecule has 1 atom stereocenters. The van der Waals surface area contributed by atoms with Crippen LogP contribution in [0.1, 0.15) is 33.8 Å². The topological polar surface area (TPSA) is 50.4 Å². The first-order valence-corrected chi connectivity index (χ1v) is 10.8. The zero-order valence-electron chi connectivity index (χ0n) is 17.3. The van der Waals surface area contributed by atoms with Crippen molar-refractivity contribution in [2.75, 3.05) is 17.7 Å². The van der Waals surface area contributed by atoms with Crippen LogP contribution in [0.4, 0.5) is 15.8 Å². The van der Waals surface area contributed by atoms with E-state index in [1.807, 2.05) is 48.5 Å².